The number of carbonyl (C=O) groups excluding carboxylic acids is 3. The van der Waals surface area contributed by atoms with E-state index in [-0.39, 0.29) is 49.0 Å². The monoisotopic (exact) mass is 455 g/mol. The van der Waals surface area contributed by atoms with E-state index in [9.17, 15) is 14.4 Å². The summed E-state index contributed by atoms with van der Waals surface area (Å²) >= 11 is 0. The molecule has 4 rings (SSSR count). The zero-order chi connectivity index (χ0) is 23.7. The number of likely N-dealkylation sites (N-methyl/N-ethyl adjacent to an activating group) is 1. The first-order chi connectivity index (χ1) is 15.7. The van der Waals surface area contributed by atoms with E-state index in [1.54, 1.807) is 48.1 Å². The molecule has 0 unspecified atom stereocenters. The van der Waals surface area contributed by atoms with E-state index in [2.05, 4.69) is 15.7 Å². The number of anilines is 2. The van der Waals surface area contributed by atoms with E-state index in [1.807, 2.05) is 6.92 Å². The summed E-state index contributed by atoms with van der Waals surface area (Å²) in [7, 11) is 3.56. The first kappa shape index (κ1) is 22.8. The van der Waals surface area contributed by atoms with E-state index < -0.39 is 0 Å². The largest absolute Gasteiger partial charge is 0.490 e. The van der Waals surface area contributed by atoms with Crippen LogP contribution in [0.25, 0.3) is 0 Å². The van der Waals surface area contributed by atoms with Crippen LogP contribution < -0.4 is 15.4 Å². The van der Waals surface area contributed by atoms with Gasteiger partial charge < -0.3 is 25.0 Å². The van der Waals surface area contributed by atoms with Crippen LogP contribution in [0.15, 0.2) is 24.4 Å². The fourth-order valence-corrected chi connectivity index (χ4v) is 4.44. The van der Waals surface area contributed by atoms with Crippen molar-refractivity contribution in [1.29, 1.82) is 0 Å². The molecule has 3 amide bonds. The molecule has 3 heterocycles. The third-order valence-electron chi connectivity index (χ3n) is 6.03. The number of nitrogens with one attached hydrogen (secondary N) is 2. The van der Waals surface area contributed by atoms with Crippen LogP contribution in [0.4, 0.5) is 11.4 Å². The second-order valence-electron chi connectivity index (χ2n) is 8.61. The Kier molecular flexibility index (Phi) is 6.37. The maximum Gasteiger partial charge on any atom is 0.257 e. The molecule has 1 aromatic heterocycles. The number of hydrogen-bond acceptors (Lipinski definition) is 6. The highest BCUT2D eigenvalue weighted by molar-refractivity contribution is 5.99. The van der Waals surface area contributed by atoms with Gasteiger partial charge in [0, 0.05) is 32.9 Å². The van der Waals surface area contributed by atoms with Crippen LogP contribution in [-0.2, 0) is 21.4 Å². The molecule has 10 heteroatoms. The summed E-state index contributed by atoms with van der Waals surface area (Å²) in [5.74, 6) is -0.104. The van der Waals surface area contributed by atoms with Gasteiger partial charge >= 0.3 is 0 Å². The Morgan fingerprint density at radius 3 is 2.70 bits per heavy atom. The predicted molar refractivity (Wildman–Crippen MR) is 121 cm³/mol. The van der Waals surface area contributed by atoms with Gasteiger partial charge in [-0.2, -0.15) is 5.10 Å². The van der Waals surface area contributed by atoms with Crippen molar-refractivity contribution in [1.82, 2.24) is 14.7 Å². The molecule has 0 saturated carbocycles. The van der Waals surface area contributed by atoms with Gasteiger partial charge in [-0.15, -0.1) is 0 Å². The lowest BCUT2D eigenvalue weighted by Crippen LogP contribution is -2.53. The van der Waals surface area contributed by atoms with Gasteiger partial charge in [0.25, 0.3) is 5.91 Å². The highest BCUT2D eigenvalue weighted by Gasteiger charge is 2.39. The molecule has 0 radical (unpaired) electrons. The van der Waals surface area contributed by atoms with Crippen molar-refractivity contribution in [3.63, 3.8) is 0 Å². The molecule has 1 aromatic carbocycles. The Morgan fingerprint density at radius 2 is 2.00 bits per heavy atom. The first-order valence-corrected chi connectivity index (χ1v) is 11.0. The van der Waals surface area contributed by atoms with E-state index in [4.69, 9.17) is 9.47 Å². The van der Waals surface area contributed by atoms with Gasteiger partial charge in [0.05, 0.1) is 35.5 Å². The van der Waals surface area contributed by atoms with Gasteiger partial charge in [-0.05, 0) is 38.0 Å². The summed E-state index contributed by atoms with van der Waals surface area (Å²) in [6, 6.07) is 4.83. The molecule has 2 aliphatic rings. The maximum atomic E-state index is 13.2. The lowest BCUT2D eigenvalue weighted by Gasteiger charge is -2.42. The smallest absolute Gasteiger partial charge is 0.257 e. The van der Waals surface area contributed by atoms with Crippen LogP contribution in [0.1, 0.15) is 42.2 Å². The van der Waals surface area contributed by atoms with E-state index >= 15 is 0 Å². The number of rotatable bonds is 4. The van der Waals surface area contributed by atoms with Crippen molar-refractivity contribution < 1.29 is 23.9 Å². The Labute approximate surface area is 192 Å². The topological polar surface area (TPSA) is 115 Å². The summed E-state index contributed by atoms with van der Waals surface area (Å²) in [5.41, 5.74) is 2.38. The first-order valence-electron chi connectivity index (χ1n) is 11.0. The van der Waals surface area contributed by atoms with Crippen molar-refractivity contribution in [3.8, 4) is 5.75 Å². The van der Waals surface area contributed by atoms with Crippen LogP contribution in [0, 0.1) is 6.92 Å². The second kappa shape index (κ2) is 9.22. The Bertz CT molecular complexity index is 1080. The lowest BCUT2D eigenvalue weighted by molar-refractivity contribution is -0.130. The summed E-state index contributed by atoms with van der Waals surface area (Å²) in [5, 5.41) is 9.82. The number of aryl methyl sites for hydroxylation is 2. The molecule has 0 aliphatic carbocycles. The molecule has 2 aromatic rings. The van der Waals surface area contributed by atoms with Crippen LogP contribution in [0.5, 0.6) is 5.75 Å². The molecular formula is C23H29N5O5. The average molecular weight is 456 g/mol. The summed E-state index contributed by atoms with van der Waals surface area (Å²) < 4.78 is 13.8. The molecule has 176 valence electrons. The number of amides is 3. The minimum absolute atomic E-state index is 0.137. The summed E-state index contributed by atoms with van der Waals surface area (Å²) in [6.07, 6.45) is 2.71. The number of benzene rings is 1. The standard InChI is InChI=1S/C23H29N5O5/c1-13-18(11-27(3)26-13)25-22(30)10-16-6-7-19-21(33-16)12-32-20-8-5-15(24-14(2)29)9-17(20)23(31)28(19)4/h5,8-9,11,16,19,21H,6-7,10,12H2,1-4H3,(H,24,29)(H,25,30)/t16-,19-,21-/m1/s1. The number of fused-ring (bicyclic) bond motifs is 2. The zero-order valence-electron chi connectivity index (χ0n) is 19.3. The average Bonchev–Trinajstić information content (AvgIpc) is 3.07. The zero-order valence-corrected chi connectivity index (χ0v) is 19.3. The highest BCUT2D eigenvalue weighted by atomic mass is 16.5. The van der Waals surface area contributed by atoms with Crippen LogP contribution >= 0.6 is 0 Å². The third-order valence-corrected chi connectivity index (χ3v) is 6.03. The Balaban J connectivity index is 1.44. The number of nitrogens with zero attached hydrogens (tertiary/aromatic N) is 3. The van der Waals surface area contributed by atoms with Crippen molar-refractivity contribution in [2.45, 2.75) is 51.4 Å². The number of hydrogen-bond donors (Lipinski definition) is 2. The molecule has 2 aliphatic heterocycles. The summed E-state index contributed by atoms with van der Waals surface area (Å²) in [6.45, 7) is 3.52. The molecular weight excluding hydrogens is 426 g/mol. The van der Waals surface area contributed by atoms with Crippen molar-refractivity contribution in [2.75, 3.05) is 24.3 Å². The molecule has 33 heavy (non-hydrogen) atoms. The fraction of sp³-hybridized carbons (Fsp3) is 0.478. The molecule has 1 fully saturated rings. The maximum absolute atomic E-state index is 13.2. The van der Waals surface area contributed by atoms with Crippen LogP contribution in [0.3, 0.4) is 0 Å². The van der Waals surface area contributed by atoms with Gasteiger partial charge in [-0.1, -0.05) is 0 Å². The molecule has 2 N–H and O–H groups in total. The molecule has 0 spiro atoms. The molecule has 3 atom stereocenters. The second-order valence-corrected chi connectivity index (χ2v) is 8.61. The van der Waals surface area contributed by atoms with Crippen LogP contribution in [-0.4, -0.2) is 64.3 Å². The van der Waals surface area contributed by atoms with Gasteiger partial charge in [-0.25, -0.2) is 0 Å². The minimum Gasteiger partial charge on any atom is -0.490 e. The molecule has 1 saturated heterocycles. The van der Waals surface area contributed by atoms with Gasteiger partial charge in [0.15, 0.2) is 0 Å². The van der Waals surface area contributed by atoms with Gasteiger partial charge in [-0.3, -0.25) is 19.1 Å². The van der Waals surface area contributed by atoms with E-state index in [0.29, 0.717) is 35.5 Å². The van der Waals surface area contributed by atoms with Gasteiger partial charge in [0.1, 0.15) is 18.5 Å². The summed E-state index contributed by atoms with van der Waals surface area (Å²) in [4.78, 5) is 38.8. The van der Waals surface area contributed by atoms with Crippen molar-refractivity contribution in [3.05, 3.63) is 35.7 Å². The quantitative estimate of drug-likeness (QED) is 0.730. The Hall–Kier alpha value is -3.40. The van der Waals surface area contributed by atoms with Crippen LogP contribution in [0.2, 0.25) is 0 Å². The minimum atomic E-state index is -0.353. The fourth-order valence-electron chi connectivity index (χ4n) is 4.44. The number of aromatic nitrogens is 2. The van der Waals surface area contributed by atoms with Crippen molar-refractivity contribution in [2.24, 2.45) is 7.05 Å². The van der Waals surface area contributed by atoms with E-state index in [1.165, 1.54) is 6.92 Å². The lowest BCUT2D eigenvalue weighted by atomic mass is 9.94. The number of ether oxygens (including phenoxy) is 2. The molecule has 10 nitrogen and oxygen atoms in total. The SMILES string of the molecule is CC(=O)Nc1ccc2c(c1)C(=O)N(C)[C@@H]1CC[C@H](CC(=O)Nc3cn(C)nc3C)O[C@@H]1CO2. The van der Waals surface area contributed by atoms with E-state index in [0.717, 1.165) is 5.69 Å². The number of carbonyl (C=O) groups is 3. The highest BCUT2D eigenvalue weighted by Crippen LogP contribution is 2.32. The third kappa shape index (κ3) is 5.00. The van der Waals surface area contributed by atoms with Crippen molar-refractivity contribution >= 4 is 29.1 Å². The normalized spacial score (nSPS) is 22.4. The Morgan fingerprint density at radius 1 is 1.21 bits per heavy atom. The van der Waals surface area contributed by atoms with Gasteiger partial charge in [0.2, 0.25) is 11.8 Å². The molecule has 0 bridgehead atoms. The predicted octanol–water partition coefficient (Wildman–Crippen LogP) is 2.10.